The third-order valence-corrected chi connectivity index (χ3v) is 5.98. The van der Waals surface area contributed by atoms with Crippen LogP contribution in [0.2, 0.25) is 0 Å². The Hall–Kier alpha value is -3.33. The summed E-state index contributed by atoms with van der Waals surface area (Å²) in [6, 6.07) is 8.14. The molecule has 0 saturated carbocycles. The number of hydrogen-bond acceptors (Lipinski definition) is 8. The lowest BCUT2D eigenvalue weighted by atomic mass is 9.99. The fourth-order valence-electron chi connectivity index (χ4n) is 4.13. The predicted molar refractivity (Wildman–Crippen MR) is 126 cm³/mol. The Kier molecular flexibility index (Phi) is 6.98. The summed E-state index contributed by atoms with van der Waals surface area (Å²) in [5.74, 6) is 2.07. The molecule has 3 heterocycles. The second-order valence-corrected chi connectivity index (χ2v) is 8.60. The Morgan fingerprint density at radius 2 is 1.91 bits per heavy atom. The molecule has 33 heavy (non-hydrogen) atoms. The average molecular weight is 450 g/mol. The molecular formula is C24H31N7O2. The number of carbonyl (C=O) groups excluding carboxylic acids is 1. The van der Waals surface area contributed by atoms with Crippen molar-refractivity contribution in [3.8, 4) is 23.0 Å². The van der Waals surface area contributed by atoms with Gasteiger partial charge in [0.15, 0.2) is 0 Å². The van der Waals surface area contributed by atoms with Gasteiger partial charge in [-0.1, -0.05) is 32.9 Å². The number of hydrogen-bond donors (Lipinski definition) is 1. The number of anilines is 1. The van der Waals surface area contributed by atoms with Gasteiger partial charge in [0.2, 0.25) is 11.8 Å². The van der Waals surface area contributed by atoms with Crippen molar-refractivity contribution in [2.45, 2.75) is 39.8 Å². The minimum Gasteiger partial charge on any atom is -0.415 e. The van der Waals surface area contributed by atoms with E-state index in [4.69, 9.17) is 9.40 Å². The number of rotatable bonds is 7. The van der Waals surface area contributed by atoms with Gasteiger partial charge in [-0.3, -0.25) is 9.78 Å². The third-order valence-electron chi connectivity index (χ3n) is 5.98. The molecule has 1 aliphatic rings. The molecule has 0 unspecified atom stereocenters. The highest BCUT2D eigenvalue weighted by molar-refractivity contribution is 5.76. The van der Waals surface area contributed by atoms with Gasteiger partial charge in [-0.25, -0.2) is 4.98 Å². The smallest absolute Gasteiger partial charge is 0.268 e. The van der Waals surface area contributed by atoms with Gasteiger partial charge in [0.25, 0.3) is 5.89 Å². The summed E-state index contributed by atoms with van der Waals surface area (Å²) < 4.78 is 5.91. The molecule has 1 N–H and O–H groups in total. The summed E-state index contributed by atoms with van der Waals surface area (Å²) in [5.41, 5.74) is 2.57. The van der Waals surface area contributed by atoms with Crippen LogP contribution >= 0.6 is 0 Å². The molecule has 0 bridgehead atoms. The summed E-state index contributed by atoms with van der Waals surface area (Å²) in [6.07, 6.45) is 3.90. The highest BCUT2D eigenvalue weighted by Crippen LogP contribution is 2.26. The van der Waals surface area contributed by atoms with E-state index in [1.54, 1.807) is 12.4 Å². The Morgan fingerprint density at radius 3 is 2.61 bits per heavy atom. The molecule has 0 spiro atoms. The maximum Gasteiger partial charge on any atom is 0.268 e. The van der Waals surface area contributed by atoms with Gasteiger partial charge in [0.05, 0.1) is 18.4 Å². The molecule has 9 heteroatoms. The average Bonchev–Trinajstić information content (AvgIpc) is 3.34. The number of amides is 1. The van der Waals surface area contributed by atoms with E-state index in [1.807, 2.05) is 43.1 Å². The molecule has 1 atom stereocenters. The number of piperazine rings is 1. The van der Waals surface area contributed by atoms with Gasteiger partial charge < -0.3 is 19.5 Å². The molecule has 0 radical (unpaired) electrons. The van der Waals surface area contributed by atoms with Crippen LogP contribution in [-0.2, 0) is 11.3 Å². The lowest BCUT2D eigenvalue weighted by Gasteiger charge is -2.43. The second kappa shape index (κ2) is 10.1. The maximum absolute atomic E-state index is 12.4. The zero-order chi connectivity index (χ0) is 23.4. The normalized spacial score (nSPS) is 16.5. The van der Waals surface area contributed by atoms with Crippen LogP contribution < -0.4 is 10.2 Å². The van der Waals surface area contributed by atoms with E-state index in [0.717, 1.165) is 24.5 Å². The monoisotopic (exact) mass is 449 g/mol. The molecule has 3 aromatic rings. The number of nitrogens with zero attached hydrogens (tertiary/aromatic N) is 6. The summed E-state index contributed by atoms with van der Waals surface area (Å²) in [4.78, 5) is 25.7. The van der Waals surface area contributed by atoms with Gasteiger partial charge >= 0.3 is 0 Å². The van der Waals surface area contributed by atoms with E-state index in [0.29, 0.717) is 42.9 Å². The van der Waals surface area contributed by atoms with E-state index in [1.165, 1.54) is 5.56 Å². The van der Waals surface area contributed by atoms with Gasteiger partial charge in [0.1, 0.15) is 11.5 Å². The molecular weight excluding hydrogens is 418 g/mol. The topological polar surface area (TPSA) is 100 Å². The number of nitrogens with one attached hydrogen (secondary N) is 1. The summed E-state index contributed by atoms with van der Waals surface area (Å²) >= 11 is 0. The van der Waals surface area contributed by atoms with Crippen LogP contribution in [0.25, 0.3) is 23.0 Å². The second-order valence-electron chi connectivity index (χ2n) is 8.60. The zero-order valence-corrected chi connectivity index (χ0v) is 19.7. The molecule has 174 valence electrons. The van der Waals surface area contributed by atoms with Crippen molar-refractivity contribution in [3.05, 3.63) is 42.2 Å². The lowest BCUT2D eigenvalue weighted by Crippen LogP contribution is -2.57. The van der Waals surface area contributed by atoms with Crippen LogP contribution in [0.4, 0.5) is 5.82 Å². The van der Waals surface area contributed by atoms with Gasteiger partial charge in [-0.15, -0.1) is 10.2 Å². The number of carbonyl (C=O) groups is 1. The largest absolute Gasteiger partial charge is 0.415 e. The zero-order valence-electron chi connectivity index (χ0n) is 19.7. The lowest BCUT2D eigenvalue weighted by molar-refractivity contribution is -0.134. The molecule has 9 nitrogen and oxygen atoms in total. The number of aromatic nitrogens is 4. The minimum absolute atomic E-state index is 0.137. The fraction of sp³-hybridized carbons (Fsp3) is 0.458. The van der Waals surface area contributed by atoms with E-state index in [-0.39, 0.29) is 11.9 Å². The first-order valence-corrected chi connectivity index (χ1v) is 11.4. The molecule has 1 saturated heterocycles. The Morgan fingerprint density at radius 1 is 1.15 bits per heavy atom. The molecule has 4 rings (SSSR count). The number of benzene rings is 1. The van der Waals surface area contributed by atoms with Crippen LogP contribution in [0.1, 0.15) is 32.8 Å². The predicted octanol–water partition coefficient (Wildman–Crippen LogP) is 3.00. The molecule has 1 aromatic carbocycles. The van der Waals surface area contributed by atoms with Crippen LogP contribution in [0.3, 0.4) is 0 Å². The van der Waals surface area contributed by atoms with Crippen molar-refractivity contribution in [3.63, 3.8) is 0 Å². The summed E-state index contributed by atoms with van der Waals surface area (Å²) in [7, 11) is 1.92. The van der Waals surface area contributed by atoms with Crippen molar-refractivity contribution in [2.75, 3.05) is 31.6 Å². The van der Waals surface area contributed by atoms with Crippen LogP contribution in [0.15, 0.2) is 41.1 Å². The van der Waals surface area contributed by atoms with Crippen molar-refractivity contribution in [1.29, 1.82) is 0 Å². The van der Waals surface area contributed by atoms with Gasteiger partial charge in [0, 0.05) is 38.2 Å². The first-order valence-electron chi connectivity index (χ1n) is 11.4. The van der Waals surface area contributed by atoms with E-state index in [9.17, 15) is 4.79 Å². The fourth-order valence-corrected chi connectivity index (χ4v) is 4.13. The SMILES string of the molecule is CCC(=O)N1CCN(c2cncc(-c3nnc(-c4ccc(CNC)cc4)o3)n2)C[C@@H]1C(C)C. The highest BCUT2D eigenvalue weighted by atomic mass is 16.4. The van der Waals surface area contributed by atoms with E-state index >= 15 is 0 Å². The van der Waals surface area contributed by atoms with Gasteiger partial charge in [-0.2, -0.15) is 0 Å². The van der Waals surface area contributed by atoms with Crippen LogP contribution in [-0.4, -0.2) is 63.7 Å². The Bertz CT molecular complexity index is 1080. The molecule has 1 amide bonds. The highest BCUT2D eigenvalue weighted by Gasteiger charge is 2.32. The van der Waals surface area contributed by atoms with E-state index in [2.05, 4.69) is 39.2 Å². The molecule has 1 fully saturated rings. The Balaban J connectivity index is 1.52. The molecule has 1 aliphatic heterocycles. The van der Waals surface area contributed by atoms with Crippen molar-refractivity contribution < 1.29 is 9.21 Å². The molecule has 0 aliphatic carbocycles. The quantitative estimate of drug-likeness (QED) is 0.588. The van der Waals surface area contributed by atoms with Gasteiger partial charge in [-0.05, 0) is 30.7 Å². The van der Waals surface area contributed by atoms with Crippen LogP contribution in [0.5, 0.6) is 0 Å². The maximum atomic E-state index is 12.4. The minimum atomic E-state index is 0.137. The molecule has 2 aromatic heterocycles. The summed E-state index contributed by atoms with van der Waals surface area (Å²) in [6.45, 7) is 9.12. The van der Waals surface area contributed by atoms with Crippen molar-refractivity contribution >= 4 is 11.7 Å². The first-order chi connectivity index (χ1) is 16.0. The first kappa shape index (κ1) is 22.8. The van der Waals surface area contributed by atoms with E-state index < -0.39 is 0 Å². The van der Waals surface area contributed by atoms with Crippen molar-refractivity contribution in [2.24, 2.45) is 5.92 Å². The standard InChI is InChI=1S/C24H31N7O2/c1-5-22(32)31-11-10-30(15-20(31)16(2)3)21-14-26-13-19(27-21)24-29-28-23(33-24)18-8-6-17(7-9-18)12-25-4/h6-9,13-14,16,20,25H,5,10-12,15H2,1-4H3/t20-/m1/s1. The van der Waals surface area contributed by atoms with Crippen molar-refractivity contribution in [1.82, 2.24) is 30.4 Å². The third kappa shape index (κ3) is 5.03. The summed E-state index contributed by atoms with van der Waals surface area (Å²) in [5, 5.41) is 11.5. The Labute approximate surface area is 194 Å². The van der Waals surface area contributed by atoms with Crippen LogP contribution in [0, 0.1) is 5.92 Å².